The topological polar surface area (TPSA) is 36.3 Å². The number of hydrogen-bond donors (Lipinski definition) is 1. The van der Waals surface area contributed by atoms with Gasteiger partial charge in [-0.15, -0.1) is 0 Å². The van der Waals surface area contributed by atoms with Crippen molar-refractivity contribution in [3.8, 4) is 0 Å². The van der Waals surface area contributed by atoms with Gasteiger partial charge in [-0.1, -0.05) is 6.92 Å². The van der Waals surface area contributed by atoms with Gasteiger partial charge in [-0.05, 0) is 46.6 Å². The van der Waals surface area contributed by atoms with Gasteiger partial charge in [-0.3, -0.25) is 0 Å². The monoisotopic (exact) mass is 279 g/mol. The van der Waals surface area contributed by atoms with E-state index in [1.807, 2.05) is 12.4 Å². The molecule has 2 atom stereocenters. The number of aromatic nitrogens is 2. The summed E-state index contributed by atoms with van der Waals surface area (Å²) in [6.07, 6.45) is 6.32. The molecule has 114 valence electrons. The second-order valence-electron chi connectivity index (χ2n) is 5.99. The van der Waals surface area contributed by atoms with Crippen molar-refractivity contribution in [1.29, 1.82) is 0 Å². The maximum absolute atomic E-state index is 4.59. The van der Waals surface area contributed by atoms with E-state index in [1.165, 1.54) is 13.0 Å². The highest BCUT2D eigenvalue weighted by atomic mass is 15.3. The van der Waals surface area contributed by atoms with Crippen molar-refractivity contribution in [3.05, 3.63) is 18.2 Å². The molecule has 0 saturated carbocycles. The lowest BCUT2D eigenvalue weighted by Crippen LogP contribution is -2.48. The van der Waals surface area contributed by atoms with Crippen LogP contribution in [0.3, 0.4) is 0 Å². The molecule has 2 unspecified atom stereocenters. The lowest BCUT2D eigenvalue weighted by Gasteiger charge is -2.34. The van der Waals surface area contributed by atoms with Crippen molar-refractivity contribution < 1.29 is 0 Å². The molecule has 0 aromatic carbocycles. The summed E-state index contributed by atoms with van der Waals surface area (Å²) in [7, 11) is 6.55. The van der Waals surface area contributed by atoms with Crippen molar-refractivity contribution in [2.75, 3.05) is 40.3 Å². The number of hydrogen-bond acceptors (Lipinski definition) is 4. The van der Waals surface area contributed by atoms with Crippen LogP contribution >= 0.6 is 0 Å². The zero-order valence-corrected chi connectivity index (χ0v) is 13.3. The predicted octanol–water partition coefficient (Wildman–Crippen LogP) is 1.10. The fraction of sp³-hybridized carbons (Fsp3) is 0.800. The third kappa shape index (κ3) is 3.59. The molecule has 5 nitrogen and oxygen atoms in total. The average molecular weight is 279 g/mol. The molecule has 2 rings (SSSR count). The molecule has 1 N–H and O–H groups in total. The smallest absolute Gasteiger partial charge is 0.127 e. The number of likely N-dealkylation sites (N-methyl/N-ethyl adjacent to an activating group) is 2. The highest BCUT2D eigenvalue weighted by Gasteiger charge is 2.31. The van der Waals surface area contributed by atoms with E-state index in [0.29, 0.717) is 12.1 Å². The first kappa shape index (κ1) is 15.5. The third-order valence-corrected chi connectivity index (χ3v) is 4.25. The first-order valence-electron chi connectivity index (χ1n) is 7.73. The van der Waals surface area contributed by atoms with Crippen LogP contribution < -0.4 is 5.32 Å². The molecule has 0 radical (unpaired) electrons. The van der Waals surface area contributed by atoms with Gasteiger partial charge in [0, 0.05) is 32.0 Å². The summed E-state index contributed by atoms with van der Waals surface area (Å²) in [4.78, 5) is 9.52. The Labute approximate surface area is 123 Å². The van der Waals surface area contributed by atoms with Gasteiger partial charge in [-0.25, -0.2) is 4.98 Å². The lowest BCUT2D eigenvalue weighted by atomic mass is 10.1. The van der Waals surface area contributed by atoms with Gasteiger partial charge < -0.3 is 19.7 Å². The SMILES string of the molecule is CCCNC(c1nccn1C)C1CN(C)CCCN1C. The van der Waals surface area contributed by atoms with Crippen LogP contribution in [0.4, 0.5) is 0 Å². The van der Waals surface area contributed by atoms with Gasteiger partial charge in [0.15, 0.2) is 0 Å². The second-order valence-corrected chi connectivity index (χ2v) is 5.99. The van der Waals surface area contributed by atoms with Crippen LogP contribution in [-0.2, 0) is 7.05 Å². The maximum atomic E-state index is 4.59. The van der Waals surface area contributed by atoms with Crippen molar-refractivity contribution in [1.82, 2.24) is 24.7 Å². The Morgan fingerprint density at radius 1 is 1.35 bits per heavy atom. The van der Waals surface area contributed by atoms with E-state index in [4.69, 9.17) is 0 Å². The van der Waals surface area contributed by atoms with Crippen LogP contribution in [0, 0.1) is 0 Å². The molecule has 1 aliphatic rings. The first-order valence-corrected chi connectivity index (χ1v) is 7.73. The molecule has 1 aromatic rings. The molecule has 0 aliphatic carbocycles. The van der Waals surface area contributed by atoms with Gasteiger partial charge in [0.1, 0.15) is 5.82 Å². The van der Waals surface area contributed by atoms with Crippen LogP contribution in [0.1, 0.15) is 31.6 Å². The number of rotatable bonds is 5. The van der Waals surface area contributed by atoms with Crippen molar-refractivity contribution in [2.45, 2.75) is 31.8 Å². The minimum absolute atomic E-state index is 0.292. The highest BCUT2D eigenvalue weighted by molar-refractivity contribution is 5.04. The highest BCUT2D eigenvalue weighted by Crippen LogP contribution is 2.21. The average Bonchev–Trinajstić information content (AvgIpc) is 2.76. The Bertz CT molecular complexity index is 403. The zero-order valence-electron chi connectivity index (χ0n) is 13.3. The lowest BCUT2D eigenvalue weighted by molar-refractivity contribution is 0.172. The quantitative estimate of drug-likeness (QED) is 0.875. The summed E-state index contributed by atoms with van der Waals surface area (Å²) in [5.74, 6) is 1.14. The largest absolute Gasteiger partial charge is 0.337 e. The molecule has 1 fully saturated rings. The molecular weight excluding hydrogens is 250 g/mol. The fourth-order valence-corrected chi connectivity index (χ4v) is 3.04. The summed E-state index contributed by atoms with van der Waals surface area (Å²) in [6.45, 7) is 6.67. The Kier molecular flexibility index (Phi) is 5.57. The normalized spacial score (nSPS) is 23.7. The Morgan fingerprint density at radius 3 is 2.80 bits per heavy atom. The summed E-state index contributed by atoms with van der Waals surface area (Å²) in [6, 6.07) is 0.760. The van der Waals surface area contributed by atoms with Crippen LogP contribution in [-0.4, -0.2) is 65.7 Å². The number of imidazole rings is 1. The van der Waals surface area contributed by atoms with E-state index in [0.717, 1.165) is 31.9 Å². The minimum atomic E-state index is 0.292. The maximum Gasteiger partial charge on any atom is 0.127 e. The Hall–Kier alpha value is -0.910. The molecule has 0 bridgehead atoms. The molecule has 0 spiro atoms. The predicted molar refractivity (Wildman–Crippen MR) is 82.8 cm³/mol. The van der Waals surface area contributed by atoms with Crippen molar-refractivity contribution >= 4 is 0 Å². The number of aryl methyl sites for hydroxylation is 1. The summed E-state index contributed by atoms with van der Waals surface area (Å²) >= 11 is 0. The van der Waals surface area contributed by atoms with Crippen LogP contribution in [0.2, 0.25) is 0 Å². The van der Waals surface area contributed by atoms with Crippen LogP contribution in [0.5, 0.6) is 0 Å². The molecule has 1 aromatic heterocycles. The van der Waals surface area contributed by atoms with Crippen molar-refractivity contribution in [2.24, 2.45) is 7.05 Å². The molecule has 20 heavy (non-hydrogen) atoms. The van der Waals surface area contributed by atoms with E-state index >= 15 is 0 Å². The number of nitrogens with one attached hydrogen (secondary N) is 1. The molecule has 0 amide bonds. The van der Waals surface area contributed by atoms with Gasteiger partial charge >= 0.3 is 0 Å². The molecule has 5 heteroatoms. The van der Waals surface area contributed by atoms with E-state index in [1.54, 1.807) is 0 Å². The van der Waals surface area contributed by atoms with Crippen molar-refractivity contribution in [3.63, 3.8) is 0 Å². The van der Waals surface area contributed by atoms with E-state index < -0.39 is 0 Å². The summed E-state index contributed by atoms with van der Waals surface area (Å²) in [5, 5.41) is 3.71. The summed E-state index contributed by atoms with van der Waals surface area (Å²) < 4.78 is 2.14. The Balaban J connectivity index is 2.22. The van der Waals surface area contributed by atoms with E-state index in [9.17, 15) is 0 Å². The first-order chi connectivity index (χ1) is 9.63. The number of nitrogens with zero attached hydrogens (tertiary/aromatic N) is 4. The van der Waals surface area contributed by atoms with E-state index in [2.05, 4.69) is 52.7 Å². The summed E-state index contributed by atoms with van der Waals surface area (Å²) in [5.41, 5.74) is 0. The Morgan fingerprint density at radius 2 is 2.15 bits per heavy atom. The van der Waals surface area contributed by atoms with Crippen LogP contribution in [0.25, 0.3) is 0 Å². The van der Waals surface area contributed by atoms with Crippen LogP contribution in [0.15, 0.2) is 12.4 Å². The van der Waals surface area contributed by atoms with Gasteiger partial charge in [0.05, 0.1) is 6.04 Å². The third-order valence-electron chi connectivity index (χ3n) is 4.25. The molecule has 1 saturated heterocycles. The molecule has 2 heterocycles. The van der Waals surface area contributed by atoms with Gasteiger partial charge in [0.2, 0.25) is 0 Å². The standard InChI is InChI=1S/C15H29N5/c1-5-7-16-14(15-17-8-11-20(15)4)13-12-18(2)9-6-10-19(13)3/h8,11,13-14,16H,5-7,9-10,12H2,1-4H3. The second kappa shape index (κ2) is 7.20. The molecule has 1 aliphatic heterocycles. The van der Waals surface area contributed by atoms with Gasteiger partial charge in [-0.2, -0.15) is 0 Å². The zero-order chi connectivity index (χ0) is 14.5. The van der Waals surface area contributed by atoms with E-state index in [-0.39, 0.29) is 0 Å². The van der Waals surface area contributed by atoms with Gasteiger partial charge in [0.25, 0.3) is 0 Å². The fourth-order valence-electron chi connectivity index (χ4n) is 3.04. The minimum Gasteiger partial charge on any atom is -0.337 e. The molecular formula is C15H29N5.